The number of nitrogens with two attached hydrogens (primary N) is 2. The lowest BCUT2D eigenvalue weighted by molar-refractivity contribution is 0.609. The number of nitrogens with zero attached hydrogens (tertiary/aromatic N) is 2. The smallest absolute Gasteiger partial charge is 0.147 e. The third-order valence-corrected chi connectivity index (χ3v) is 2.60. The Morgan fingerprint density at radius 2 is 1.94 bits per heavy atom. The minimum Gasteiger partial charge on any atom is -0.395 e. The standard InChI is InChI=1S/C11H10ClFN4/c12-9-2-1-6(4-16-9)3-7-8(13)5-17-11(15)10(7)14/h1-2,4-5H,3,14H2,(H2,15,17). The van der Waals surface area contributed by atoms with Crippen molar-refractivity contribution in [2.75, 3.05) is 11.5 Å². The molecule has 2 rings (SSSR count). The van der Waals surface area contributed by atoms with Gasteiger partial charge in [0.15, 0.2) is 0 Å². The minimum atomic E-state index is -0.480. The number of aromatic nitrogens is 2. The molecule has 4 N–H and O–H groups in total. The number of anilines is 2. The van der Waals surface area contributed by atoms with Gasteiger partial charge in [-0.15, -0.1) is 0 Å². The van der Waals surface area contributed by atoms with E-state index >= 15 is 0 Å². The Bertz CT molecular complexity index is 542. The third-order valence-electron chi connectivity index (χ3n) is 2.38. The molecule has 2 aromatic heterocycles. The van der Waals surface area contributed by atoms with Gasteiger partial charge in [-0.25, -0.2) is 14.4 Å². The highest BCUT2D eigenvalue weighted by atomic mass is 35.5. The van der Waals surface area contributed by atoms with E-state index in [1.165, 1.54) is 0 Å². The van der Waals surface area contributed by atoms with Crippen molar-refractivity contribution in [3.8, 4) is 0 Å². The second-order valence-electron chi connectivity index (χ2n) is 3.55. The van der Waals surface area contributed by atoms with Crippen LogP contribution in [0, 0.1) is 5.82 Å². The Labute approximate surface area is 102 Å². The Kier molecular flexibility index (Phi) is 3.10. The maximum atomic E-state index is 13.6. The van der Waals surface area contributed by atoms with Crippen molar-refractivity contribution in [1.82, 2.24) is 9.97 Å². The minimum absolute atomic E-state index is 0.128. The summed E-state index contributed by atoms with van der Waals surface area (Å²) in [7, 11) is 0. The molecule has 17 heavy (non-hydrogen) atoms. The topological polar surface area (TPSA) is 77.8 Å². The van der Waals surface area contributed by atoms with Crippen molar-refractivity contribution < 1.29 is 4.39 Å². The fraction of sp³-hybridized carbons (Fsp3) is 0.0909. The molecule has 88 valence electrons. The van der Waals surface area contributed by atoms with E-state index in [2.05, 4.69) is 9.97 Å². The van der Waals surface area contributed by atoms with Gasteiger partial charge < -0.3 is 11.5 Å². The highest BCUT2D eigenvalue weighted by molar-refractivity contribution is 6.29. The van der Waals surface area contributed by atoms with E-state index in [4.69, 9.17) is 23.1 Å². The van der Waals surface area contributed by atoms with Crippen LogP contribution in [0.5, 0.6) is 0 Å². The van der Waals surface area contributed by atoms with Crippen LogP contribution in [0.3, 0.4) is 0 Å². The Morgan fingerprint density at radius 1 is 1.18 bits per heavy atom. The summed E-state index contributed by atoms with van der Waals surface area (Å²) in [6.45, 7) is 0. The lowest BCUT2D eigenvalue weighted by Gasteiger charge is -2.08. The van der Waals surface area contributed by atoms with Crippen molar-refractivity contribution in [1.29, 1.82) is 0 Å². The van der Waals surface area contributed by atoms with Crippen LogP contribution in [-0.2, 0) is 6.42 Å². The zero-order chi connectivity index (χ0) is 12.4. The van der Waals surface area contributed by atoms with Gasteiger partial charge in [-0.1, -0.05) is 17.7 Å². The molecule has 2 aromatic rings. The van der Waals surface area contributed by atoms with Crippen LogP contribution in [0.15, 0.2) is 24.5 Å². The summed E-state index contributed by atoms with van der Waals surface area (Å²) in [4.78, 5) is 7.55. The SMILES string of the molecule is Nc1ncc(F)c(Cc2ccc(Cl)nc2)c1N. The highest BCUT2D eigenvalue weighted by Crippen LogP contribution is 2.23. The molecule has 0 atom stereocenters. The molecular weight excluding hydrogens is 243 g/mol. The maximum absolute atomic E-state index is 13.6. The molecule has 0 spiro atoms. The van der Waals surface area contributed by atoms with Crippen molar-refractivity contribution >= 4 is 23.1 Å². The first-order valence-corrected chi connectivity index (χ1v) is 5.24. The Hall–Kier alpha value is -1.88. The molecule has 0 aromatic carbocycles. The lowest BCUT2D eigenvalue weighted by Crippen LogP contribution is -2.05. The molecule has 0 bridgehead atoms. The lowest BCUT2D eigenvalue weighted by atomic mass is 10.1. The summed E-state index contributed by atoms with van der Waals surface area (Å²) >= 11 is 5.66. The number of halogens is 2. The second-order valence-corrected chi connectivity index (χ2v) is 3.94. The molecule has 0 amide bonds. The number of hydrogen-bond acceptors (Lipinski definition) is 4. The fourth-order valence-corrected chi connectivity index (χ4v) is 1.56. The first kappa shape index (κ1) is 11.6. The van der Waals surface area contributed by atoms with Gasteiger partial charge in [-0.05, 0) is 11.6 Å². The van der Waals surface area contributed by atoms with Crippen LogP contribution in [0.25, 0.3) is 0 Å². The predicted molar refractivity (Wildman–Crippen MR) is 65.1 cm³/mol. The summed E-state index contributed by atoms with van der Waals surface area (Å²) in [5.74, 6) is -0.352. The molecule has 0 saturated heterocycles. The second kappa shape index (κ2) is 4.55. The van der Waals surface area contributed by atoms with Crippen LogP contribution in [0.1, 0.15) is 11.1 Å². The molecule has 0 aliphatic carbocycles. The van der Waals surface area contributed by atoms with Crippen LogP contribution >= 0.6 is 11.6 Å². The normalized spacial score (nSPS) is 10.5. The molecule has 0 fully saturated rings. The quantitative estimate of drug-likeness (QED) is 0.802. The van der Waals surface area contributed by atoms with E-state index in [0.717, 1.165) is 11.8 Å². The van der Waals surface area contributed by atoms with Gasteiger partial charge >= 0.3 is 0 Å². The maximum Gasteiger partial charge on any atom is 0.147 e. The van der Waals surface area contributed by atoms with E-state index in [-0.39, 0.29) is 11.5 Å². The zero-order valence-electron chi connectivity index (χ0n) is 8.82. The first-order valence-electron chi connectivity index (χ1n) is 4.86. The zero-order valence-corrected chi connectivity index (χ0v) is 9.58. The van der Waals surface area contributed by atoms with E-state index in [9.17, 15) is 4.39 Å². The summed E-state index contributed by atoms with van der Waals surface area (Å²) < 4.78 is 13.6. The van der Waals surface area contributed by atoms with Crippen LogP contribution in [-0.4, -0.2) is 9.97 Å². The highest BCUT2D eigenvalue weighted by Gasteiger charge is 2.11. The number of pyridine rings is 2. The number of rotatable bonds is 2. The van der Waals surface area contributed by atoms with Crippen molar-refractivity contribution in [3.63, 3.8) is 0 Å². The van der Waals surface area contributed by atoms with Gasteiger partial charge in [0.25, 0.3) is 0 Å². The largest absolute Gasteiger partial charge is 0.395 e. The first-order chi connectivity index (χ1) is 8.08. The fourth-order valence-electron chi connectivity index (χ4n) is 1.45. The monoisotopic (exact) mass is 252 g/mol. The van der Waals surface area contributed by atoms with E-state index in [0.29, 0.717) is 17.1 Å². The average molecular weight is 253 g/mol. The van der Waals surface area contributed by atoms with Crippen LogP contribution in [0.2, 0.25) is 5.15 Å². The van der Waals surface area contributed by atoms with Crippen molar-refractivity contribution in [2.45, 2.75) is 6.42 Å². The Balaban J connectivity index is 2.36. The number of hydrogen-bond donors (Lipinski definition) is 2. The average Bonchev–Trinajstić information content (AvgIpc) is 2.32. The molecule has 0 aliphatic rings. The van der Waals surface area contributed by atoms with Crippen molar-refractivity contribution in [2.24, 2.45) is 0 Å². The molecule has 0 radical (unpaired) electrons. The molecule has 0 aliphatic heterocycles. The summed E-state index contributed by atoms with van der Waals surface area (Å²) in [6.07, 6.45) is 2.93. The summed E-state index contributed by atoms with van der Waals surface area (Å²) in [5, 5.41) is 0.386. The van der Waals surface area contributed by atoms with Gasteiger partial charge in [0.2, 0.25) is 0 Å². The third kappa shape index (κ3) is 2.45. The predicted octanol–water partition coefficient (Wildman–Crippen LogP) is 2.02. The van der Waals surface area contributed by atoms with E-state index in [1.54, 1.807) is 18.3 Å². The molecule has 2 heterocycles. The molecule has 0 saturated carbocycles. The number of nitrogen functional groups attached to an aromatic ring is 2. The molecule has 0 unspecified atom stereocenters. The molecule has 4 nitrogen and oxygen atoms in total. The summed E-state index contributed by atoms with van der Waals surface area (Å²) in [6, 6.07) is 3.39. The van der Waals surface area contributed by atoms with Gasteiger partial charge in [-0.2, -0.15) is 0 Å². The molecule has 6 heteroatoms. The van der Waals surface area contributed by atoms with Gasteiger partial charge in [-0.3, -0.25) is 0 Å². The van der Waals surface area contributed by atoms with Crippen molar-refractivity contribution in [3.05, 3.63) is 46.6 Å². The summed E-state index contributed by atoms with van der Waals surface area (Å²) in [5.41, 5.74) is 12.5. The van der Waals surface area contributed by atoms with Crippen LogP contribution < -0.4 is 11.5 Å². The van der Waals surface area contributed by atoms with Gasteiger partial charge in [0, 0.05) is 18.2 Å². The van der Waals surface area contributed by atoms with E-state index < -0.39 is 5.82 Å². The van der Waals surface area contributed by atoms with E-state index in [1.807, 2.05) is 0 Å². The Morgan fingerprint density at radius 3 is 2.59 bits per heavy atom. The van der Waals surface area contributed by atoms with Crippen LogP contribution in [0.4, 0.5) is 15.9 Å². The van der Waals surface area contributed by atoms with Gasteiger partial charge in [0.1, 0.15) is 16.8 Å². The van der Waals surface area contributed by atoms with Gasteiger partial charge in [0.05, 0.1) is 11.9 Å². The molecular formula is C11H10ClFN4.